The third-order valence-corrected chi connectivity index (χ3v) is 6.61. The van der Waals surface area contributed by atoms with Gasteiger partial charge in [0, 0.05) is 13.0 Å². The van der Waals surface area contributed by atoms with E-state index in [0.29, 0.717) is 11.1 Å². The van der Waals surface area contributed by atoms with Crippen LogP contribution in [0.25, 0.3) is 0 Å². The first-order valence-electron chi connectivity index (χ1n) is 11.6. The van der Waals surface area contributed by atoms with E-state index in [-0.39, 0.29) is 31.2 Å². The largest absolute Gasteiger partial charge is 0.465 e. The van der Waals surface area contributed by atoms with Crippen LogP contribution in [0.4, 0.5) is 9.18 Å². The predicted octanol–water partition coefficient (Wildman–Crippen LogP) is 4.81. The molecule has 0 aliphatic carbocycles. The minimum absolute atomic E-state index is 0.120. The number of fused-ring (bicyclic) bond motifs is 1. The topological polar surface area (TPSA) is 87.2 Å². The molecule has 1 aliphatic rings. The van der Waals surface area contributed by atoms with Gasteiger partial charge in [-0.2, -0.15) is 0 Å². The average Bonchev–Trinajstić information content (AvgIpc) is 2.90. The Morgan fingerprint density at radius 3 is 2.28 bits per heavy atom. The van der Waals surface area contributed by atoms with E-state index in [1.807, 2.05) is 31.2 Å². The monoisotopic (exact) mass is 490 g/mol. The first-order chi connectivity index (χ1) is 17.3. The third kappa shape index (κ3) is 5.22. The second-order valence-corrected chi connectivity index (χ2v) is 8.78. The molecule has 0 fully saturated rings. The smallest absolute Gasteiger partial charge is 0.408 e. The molecule has 1 heterocycles. The van der Waals surface area contributed by atoms with Gasteiger partial charge in [0.05, 0.1) is 25.3 Å². The Morgan fingerprint density at radius 1 is 1.03 bits per heavy atom. The maximum Gasteiger partial charge on any atom is 0.408 e. The van der Waals surface area contributed by atoms with Crippen molar-refractivity contribution in [1.82, 2.24) is 9.80 Å². The van der Waals surface area contributed by atoms with Crippen LogP contribution in [0.1, 0.15) is 45.6 Å². The molecule has 0 saturated carbocycles. The highest BCUT2D eigenvalue weighted by molar-refractivity contribution is 5.89. The molecule has 3 aromatic carbocycles. The molecule has 186 valence electrons. The van der Waals surface area contributed by atoms with Crippen LogP contribution in [0.3, 0.4) is 0 Å². The molecule has 4 rings (SSSR count). The number of hydrogen-bond donors (Lipinski definition) is 1. The Hall–Kier alpha value is -4.20. The van der Waals surface area contributed by atoms with Gasteiger partial charge in [0.25, 0.3) is 0 Å². The molecule has 1 aliphatic heterocycles. The highest BCUT2D eigenvalue weighted by atomic mass is 19.1. The second kappa shape index (κ2) is 10.6. The summed E-state index contributed by atoms with van der Waals surface area (Å²) >= 11 is 0. The molecule has 0 bridgehead atoms. The number of halogens is 1. The maximum absolute atomic E-state index is 14.0. The van der Waals surface area contributed by atoms with E-state index in [4.69, 9.17) is 4.74 Å². The van der Waals surface area contributed by atoms with Crippen LogP contribution in [0.2, 0.25) is 0 Å². The van der Waals surface area contributed by atoms with Gasteiger partial charge in [-0.3, -0.25) is 9.69 Å². The standard InChI is InChI=1S/C28H27FN2O5/c1-18(20-11-13-24(29)14-12-20)30(16-19-7-9-21(10-8-19)27(33)36-2)26(32)25-15-22-5-3-4-6-23(22)17-31(25)28(34)35/h3-14,18,25H,15-17H2,1-2H3,(H,34,35)/t18-,25?/m1/s1. The Kier molecular flexibility index (Phi) is 7.33. The minimum atomic E-state index is -1.17. The van der Waals surface area contributed by atoms with Crippen LogP contribution in [-0.2, 0) is 29.0 Å². The molecule has 36 heavy (non-hydrogen) atoms. The Bertz CT molecular complexity index is 1260. The Balaban J connectivity index is 1.68. The number of carbonyl (C=O) groups is 3. The van der Waals surface area contributed by atoms with Gasteiger partial charge in [-0.1, -0.05) is 48.5 Å². The summed E-state index contributed by atoms with van der Waals surface area (Å²) in [5.74, 6) is -1.20. The van der Waals surface area contributed by atoms with Crippen molar-refractivity contribution in [3.05, 3.63) is 106 Å². The first-order valence-corrected chi connectivity index (χ1v) is 11.6. The van der Waals surface area contributed by atoms with Crippen molar-refractivity contribution in [2.45, 2.75) is 38.5 Å². The molecular formula is C28H27FN2O5. The summed E-state index contributed by atoms with van der Waals surface area (Å²) in [6.07, 6.45) is -0.908. The van der Waals surface area contributed by atoms with Gasteiger partial charge in [0.2, 0.25) is 5.91 Å². The molecule has 0 aromatic heterocycles. The number of carbonyl (C=O) groups excluding carboxylic acids is 2. The van der Waals surface area contributed by atoms with Crippen molar-refractivity contribution in [3.63, 3.8) is 0 Å². The lowest BCUT2D eigenvalue weighted by molar-refractivity contribution is -0.140. The number of hydrogen-bond acceptors (Lipinski definition) is 4. The maximum atomic E-state index is 14.0. The Labute approximate surface area is 208 Å². The van der Waals surface area contributed by atoms with Crippen LogP contribution < -0.4 is 0 Å². The van der Waals surface area contributed by atoms with Crippen molar-refractivity contribution in [2.75, 3.05) is 7.11 Å². The second-order valence-electron chi connectivity index (χ2n) is 8.78. The summed E-state index contributed by atoms with van der Waals surface area (Å²) in [6.45, 7) is 2.12. The first kappa shape index (κ1) is 24.9. The number of esters is 1. The van der Waals surface area contributed by atoms with Gasteiger partial charge in [0.15, 0.2) is 0 Å². The quantitative estimate of drug-likeness (QED) is 0.502. The number of methoxy groups -OCH3 is 1. The molecule has 2 amide bonds. The van der Waals surface area contributed by atoms with E-state index >= 15 is 0 Å². The summed E-state index contributed by atoms with van der Waals surface area (Å²) in [7, 11) is 1.30. The minimum Gasteiger partial charge on any atom is -0.465 e. The van der Waals surface area contributed by atoms with E-state index < -0.39 is 24.1 Å². The fourth-order valence-electron chi connectivity index (χ4n) is 4.52. The molecule has 7 nitrogen and oxygen atoms in total. The van der Waals surface area contributed by atoms with Crippen molar-refractivity contribution < 1.29 is 28.6 Å². The van der Waals surface area contributed by atoms with Crippen molar-refractivity contribution in [1.29, 1.82) is 0 Å². The van der Waals surface area contributed by atoms with E-state index in [0.717, 1.165) is 16.7 Å². The third-order valence-electron chi connectivity index (χ3n) is 6.61. The number of benzene rings is 3. The molecule has 1 unspecified atom stereocenters. The average molecular weight is 491 g/mol. The van der Waals surface area contributed by atoms with Gasteiger partial charge in [-0.25, -0.2) is 14.0 Å². The zero-order chi connectivity index (χ0) is 25.8. The molecule has 8 heteroatoms. The lowest BCUT2D eigenvalue weighted by atomic mass is 9.92. The molecular weight excluding hydrogens is 463 g/mol. The van der Waals surface area contributed by atoms with E-state index in [1.165, 1.54) is 24.1 Å². The van der Waals surface area contributed by atoms with Crippen LogP contribution in [-0.4, -0.2) is 46.0 Å². The normalized spacial score (nSPS) is 15.5. The summed E-state index contributed by atoms with van der Waals surface area (Å²) in [5.41, 5.74) is 3.66. The lowest BCUT2D eigenvalue weighted by Crippen LogP contribution is -2.53. The summed E-state index contributed by atoms with van der Waals surface area (Å²) < 4.78 is 18.3. The summed E-state index contributed by atoms with van der Waals surface area (Å²) in [5, 5.41) is 9.92. The highest BCUT2D eigenvalue weighted by Gasteiger charge is 2.38. The molecule has 2 atom stereocenters. The van der Waals surface area contributed by atoms with Crippen molar-refractivity contribution in [3.8, 4) is 0 Å². The van der Waals surface area contributed by atoms with Gasteiger partial charge >= 0.3 is 12.1 Å². The van der Waals surface area contributed by atoms with Crippen molar-refractivity contribution in [2.24, 2.45) is 0 Å². The molecule has 1 N–H and O–H groups in total. The van der Waals surface area contributed by atoms with E-state index in [2.05, 4.69) is 0 Å². The van der Waals surface area contributed by atoms with Crippen LogP contribution in [0.15, 0.2) is 72.8 Å². The fourth-order valence-corrected chi connectivity index (χ4v) is 4.52. The van der Waals surface area contributed by atoms with Crippen LogP contribution in [0.5, 0.6) is 0 Å². The molecule has 0 radical (unpaired) electrons. The number of rotatable bonds is 6. The van der Waals surface area contributed by atoms with E-state index in [9.17, 15) is 23.9 Å². The number of amides is 2. The molecule has 3 aromatic rings. The van der Waals surface area contributed by atoms with Crippen LogP contribution >= 0.6 is 0 Å². The zero-order valence-electron chi connectivity index (χ0n) is 20.1. The Morgan fingerprint density at radius 2 is 1.67 bits per heavy atom. The number of carboxylic acid groups (broad SMARTS) is 1. The van der Waals surface area contributed by atoms with Crippen molar-refractivity contribution >= 4 is 18.0 Å². The van der Waals surface area contributed by atoms with Gasteiger partial charge in [-0.15, -0.1) is 0 Å². The van der Waals surface area contributed by atoms with Crippen LogP contribution in [0, 0.1) is 5.82 Å². The van der Waals surface area contributed by atoms with Gasteiger partial charge in [0.1, 0.15) is 11.9 Å². The molecule has 0 saturated heterocycles. The molecule has 0 spiro atoms. The SMILES string of the molecule is COC(=O)c1ccc(CN(C(=O)C2Cc3ccccc3CN2C(=O)O)[C@H](C)c2ccc(F)cc2)cc1. The fraction of sp³-hybridized carbons (Fsp3) is 0.250. The van der Waals surface area contributed by atoms with Gasteiger partial charge < -0.3 is 14.7 Å². The zero-order valence-corrected chi connectivity index (χ0v) is 20.1. The number of nitrogens with zero attached hydrogens (tertiary/aromatic N) is 2. The summed E-state index contributed by atoms with van der Waals surface area (Å²) in [4.78, 5) is 40.7. The van der Waals surface area contributed by atoms with E-state index in [1.54, 1.807) is 41.3 Å². The number of ether oxygens (including phenoxy) is 1. The highest BCUT2D eigenvalue weighted by Crippen LogP contribution is 2.29. The van der Waals surface area contributed by atoms with Gasteiger partial charge in [-0.05, 0) is 53.4 Å². The predicted molar refractivity (Wildman–Crippen MR) is 131 cm³/mol. The lowest BCUT2D eigenvalue weighted by Gasteiger charge is -2.39. The summed E-state index contributed by atoms with van der Waals surface area (Å²) in [6, 6.07) is 18.7.